The third kappa shape index (κ3) is 2.79. The van der Waals surface area contributed by atoms with Crippen LogP contribution in [0.5, 0.6) is 0 Å². The summed E-state index contributed by atoms with van der Waals surface area (Å²) in [5.74, 6) is 0.394. The number of rotatable bonds is 3. The predicted molar refractivity (Wildman–Crippen MR) is 54.4 cm³/mol. The molecule has 2 rings (SSSR count). The number of Topliss-reactive ketones (excluding diaryl/α,β-unsaturated/α-hetero) is 1. The van der Waals surface area contributed by atoms with Crippen molar-refractivity contribution >= 4 is 5.78 Å². The summed E-state index contributed by atoms with van der Waals surface area (Å²) < 4.78 is 6.94. The third-order valence-corrected chi connectivity index (χ3v) is 2.28. The molecule has 0 aliphatic heterocycles. The minimum absolute atomic E-state index is 0. The van der Waals surface area contributed by atoms with Crippen LogP contribution in [-0.2, 0) is 6.54 Å². The van der Waals surface area contributed by atoms with E-state index in [1.165, 1.54) is 6.26 Å². The van der Waals surface area contributed by atoms with E-state index in [1.54, 1.807) is 12.1 Å². The van der Waals surface area contributed by atoms with Crippen molar-refractivity contribution < 1.29 is 30.8 Å². The minimum Gasteiger partial charge on any atom is -1.00 e. The molecule has 2 heterocycles. The summed E-state index contributed by atoms with van der Waals surface area (Å²) in [4.78, 5) is 11.7. The standard InChI is InChI=1S/C12H12NO2.BrH/c1-10-5-2-3-7-13(10)9-11(14)12-6-4-8-15-12;/h2-8H,9H2,1H3;1H/q+1;/p-1. The molecule has 2 aromatic rings. The molecule has 84 valence electrons. The Kier molecular flexibility index (Phi) is 4.43. The van der Waals surface area contributed by atoms with E-state index in [0.29, 0.717) is 12.3 Å². The lowest BCUT2D eigenvalue weighted by molar-refractivity contribution is -0.689. The highest BCUT2D eigenvalue weighted by molar-refractivity contribution is 5.92. The van der Waals surface area contributed by atoms with Crippen LogP contribution in [0.1, 0.15) is 16.2 Å². The average Bonchev–Trinajstić information content (AvgIpc) is 2.74. The van der Waals surface area contributed by atoms with Gasteiger partial charge >= 0.3 is 0 Å². The SMILES string of the molecule is Cc1cccc[n+]1CC(=O)c1ccco1.[Br-]. The quantitative estimate of drug-likeness (QED) is 0.521. The molecular weight excluding hydrogens is 270 g/mol. The Balaban J connectivity index is 0.00000128. The van der Waals surface area contributed by atoms with Crippen LogP contribution < -0.4 is 21.5 Å². The van der Waals surface area contributed by atoms with Gasteiger partial charge in [-0.05, 0) is 12.1 Å². The maximum atomic E-state index is 11.7. The first-order chi connectivity index (χ1) is 7.27. The van der Waals surface area contributed by atoms with Gasteiger partial charge in [0, 0.05) is 19.1 Å². The maximum Gasteiger partial charge on any atom is 0.262 e. The van der Waals surface area contributed by atoms with Crippen LogP contribution >= 0.6 is 0 Å². The molecule has 0 atom stereocenters. The summed E-state index contributed by atoms with van der Waals surface area (Å²) in [6.45, 7) is 2.29. The molecule has 0 spiro atoms. The van der Waals surface area contributed by atoms with Gasteiger partial charge in [0.1, 0.15) is 0 Å². The molecular formula is C12H12BrNO2. The van der Waals surface area contributed by atoms with Crippen molar-refractivity contribution in [2.45, 2.75) is 13.5 Å². The van der Waals surface area contributed by atoms with Crippen molar-refractivity contribution in [1.29, 1.82) is 0 Å². The molecule has 0 saturated carbocycles. The van der Waals surface area contributed by atoms with Crippen LogP contribution in [0.25, 0.3) is 0 Å². The van der Waals surface area contributed by atoms with Crippen molar-refractivity contribution in [3.05, 3.63) is 54.2 Å². The fraction of sp³-hybridized carbons (Fsp3) is 0.167. The maximum absolute atomic E-state index is 11.7. The predicted octanol–water partition coefficient (Wildman–Crippen LogP) is -1.24. The van der Waals surface area contributed by atoms with Gasteiger partial charge in [-0.2, -0.15) is 4.57 Å². The number of carbonyl (C=O) groups excluding carboxylic acids is 1. The number of hydrogen-bond donors (Lipinski definition) is 0. The van der Waals surface area contributed by atoms with E-state index in [2.05, 4.69) is 0 Å². The Morgan fingerprint density at radius 1 is 1.31 bits per heavy atom. The number of aromatic nitrogens is 1. The first-order valence-electron chi connectivity index (χ1n) is 4.79. The van der Waals surface area contributed by atoms with Gasteiger partial charge in [0.05, 0.1) is 6.26 Å². The number of halogens is 1. The molecule has 0 saturated heterocycles. The second-order valence-corrected chi connectivity index (χ2v) is 3.37. The number of carbonyl (C=O) groups is 1. The first-order valence-corrected chi connectivity index (χ1v) is 4.79. The average molecular weight is 282 g/mol. The topological polar surface area (TPSA) is 34.1 Å². The molecule has 0 bridgehead atoms. The fourth-order valence-corrected chi connectivity index (χ4v) is 1.41. The lowest BCUT2D eigenvalue weighted by atomic mass is 10.3. The molecule has 0 aliphatic rings. The molecule has 2 aromatic heterocycles. The highest BCUT2D eigenvalue weighted by atomic mass is 79.9. The molecule has 0 radical (unpaired) electrons. The Morgan fingerprint density at radius 2 is 2.12 bits per heavy atom. The fourth-order valence-electron chi connectivity index (χ4n) is 1.41. The second-order valence-electron chi connectivity index (χ2n) is 3.37. The largest absolute Gasteiger partial charge is 1.00 e. The zero-order valence-corrected chi connectivity index (χ0v) is 10.5. The van der Waals surface area contributed by atoms with Crippen molar-refractivity contribution in [3.63, 3.8) is 0 Å². The summed E-state index contributed by atoms with van der Waals surface area (Å²) in [6, 6.07) is 9.22. The van der Waals surface area contributed by atoms with Gasteiger partial charge in [0.2, 0.25) is 6.54 Å². The Morgan fingerprint density at radius 3 is 2.75 bits per heavy atom. The number of nitrogens with zero attached hydrogens (tertiary/aromatic N) is 1. The molecule has 0 unspecified atom stereocenters. The number of pyridine rings is 1. The summed E-state index contributed by atoms with van der Waals surface area (Å²) in [5.41, 5.74) is 1.05. The zero-order chi connectivity index (χ0) is 10.7. The normalized spacial score (nSPS) is 9.56. The second kappa shape index (κ2) is 5.61. The van der Waals surface area contributed by atoms with E-state index in [1.807, 2.05) is 35.9 Å². The first kappa shape index (κ1) is 12.6. The van der Waals surface area contributed by atoms with Crippen LogP contribution in [0.4, 0.5) is 0 Å². The number of furan rings is 1. The summed E-state index contributed by atoms with van der Waals surface area (Å²) in [5, 5.41) is 0. The molecule has 0 aromatic carbocycles. The van der Waals surface area contributed by atoms with Gasteiger partial charge in [0.25, 0.3) is 5.78 Å². The molecule has 3 nitrogen and oxygen atoms in total. The summed E-state index contributed by atoms with van der Waals surface area (Å²) >= 11 is 0. The van der Waals surface area contributed by atoms with Crippen molar-refractivity contribution in [2.24, 2.45) is 0 Å². The Labute approximate surface area is 104 Å². The molecule has 0 fully saturated rings. The van der Waals surface area contributed by atoms with E-state index in [0.717, 1.165) is 5.69 Å². The van der Waals surface area contributed by atoms with Gasteiger partial charge in [0.15, 0.2) is 17.7 Å². The zero-order valence-electron chi connectivity index (χ0n) is 8.89. The van der Waals surface area contributed by atoms with Crippen molar-refractivity contribution in [1.82, 2.24) is 0 Å². The lowest BCUT2D eigenvalue weighted by Gasteiger charge is -1.97. The van der Waals surface area contributed by atoms with Crippen LogP contribution in [0.3, 0.4) is 0 Å². The molecule has 0 amide bonds. The van der Waals surface area contributed by atoms with Gasteiger partial charge in [-0.15, -0.1) is 0 Å². The Hall–Kier alpha value is -1.42. The number of aryl methyl sites for hydroxylation is 1. The van der Waals surface area contributed by atoms with Gasteiger partial charge in [-0.25, -0.2) is 0 Å². The molecule has 0 N–H and O–H groups in total. The third-order valence-electron chi connectivity index (χ3n) is 2.28. The highest BCUT2D eigenvalue weighted by Gasteiger charge is 2.15. The smallest absolute Gasteiger partial charge is 0.262 e. The molecule has 4 heteroatoms. The minimum atomic E-state index is -0.0145. The molecule has 16 heavy (non-hydrogen) atoms. The lowest BCUT2D eigenvalue weighted by Crippen LogP contribution is -3.00. The molecule has 0 aliphatic carbocycles. The van der Waals surface area contributed by atoms with E-state index < -0.39 is 0 Å². The van der Waals surface area contributed by atoms with Crippen LogP contribution in [0.2, 0.25) is 0 Å². The van der Waals surface area contributed by atoms with Crippen molar-refractivity contribution in [2.75, 3.05) is 0 Å². The van der Waals surface area contributed by atoms with Gasteiger partial charge in [-0.3, -0.25) is 4.79 Å². The van der Waals surface area contributed by atoms with Gasteiger partial charge in [-0.1, -0.05) is 6.07 Å². The van der Waals surface area contributed by atoms with Crippen LogP contribution in [0, 0.1) is 6.92 Å². The van der Waals surface area contributed by atoms with Crippen LogP contribution in [0.15, 0.2) is 47.2 Å². The highest BCUT2D eigenvalue weighted by Crippen LogP contribution is 2.01. The number of ketones is 1. The monoisotopic (exact) mass is 281 g/mol. The summed E-state index contributed by atoms with van der Waals surface area (Å²) in [6.07, 6.45) is 3.39. The Bertz CT molecular complexity index is 466. The number of hydrogen-bond acceptors (Lipinski definition) is 2. The summed E-state index contributed by atoms with van der Waals surface area (Å²) in [7, 11) is 0. The van der Waals surface area contributed by atoms with Crippen molar-refractivity contribution in [3.8, 4) is 0 Å². The van der Waals surface area contributed by atoms with E-state index in [4.69, 9.17) is 4.42 Å². The van der Waals surface area contributed by atoms with E-state index in [-0.39, 0.29) is 22.8 Å². The van der Waals surface area contributed by atoms with Crippen LogP contribution in [-0.4, -0.2) is 5.78 Å². The van der Waals surface area contributed by atoms with E-state index >= 15 is 0 Å². The van der Waals surface area contributed by atoms with E-state index in [9.17, 15) is 4.79 Å². The van der Waals surface area contributed by atoms with Gasteiger partial charge < -0.3 is 21.4 Å².